The SMILES string of the molecule is CC1(C)OC[C@@H]([C@H](O[Si](C)(C)C(C)(C)C)[C@H]2OC(C)(C)O[C@@H]2C(O)O[C@@H]2O[C@@H]3COC(c4ccccc4)O[C@H]3[C@H](OCc3ccccc3)[C@@H]2O)O1. The highest BCUT2D eigenvalue weighted by Gasteiger charge is 2.57. The largest absolute Gasteiger partial charge is 0.408 e. The van der Waals surface area contributed by atoms with Gasteiger partial charge in [-0.15, -0.1) is 0 Å². The third kappa shape index (κ3) is 8.94. The molecule has 12 nitrogen and oxygen atoms in total. The van der Waals surface area contributed by atoms with Crippen LogP contribution >= 0.6 is 0 Å². The van der Waals surface area contributed by atoms with E-state index in [1.165, 1.54) is 0 Å². The molecule has 2 unspecified atom stereocenters. The van der Waals surface area contributed by atoms with Crippen molar-refractivity contribution in [2.75, 3.05) is 13.2 Å². The standard InChI is InChI=1S/C38H56O12Si/c1-36(2,3)51(8,9)50-29(26-22-43-37(4,5)47-26)31-32(49-38(6,7)48-31)33(40)46-35-27(39)30(41-20-23-16-12-10-13-17-23)28-25(44-35)21-42-34(45-28)24-18-14-11-15-19-24/h10-19,25-35,39-40H,20-22H2,1-9H3/t25-,26+,27+,28-,29+,30-,31-,32+,33?,34?,35+/m1/s1. The Morgan fingerprint density at radius 1 is 0.863 bits per heavy atom. The third-order valence-corrected chi connectivity index (χ3v) is 14.8. The molecule has 6 rings (SSSR count). The second-order valence-electron chi connectivity index (χ2n) is 16.3. The van der Waals surface area contributed by atoms with Crippen molar-refractivity contribution in [3.05, 3.63) is 71.8 Å². The molecular formula is C38H56O12Si. The summed E-state index contributed by atoms with van der Waals surface area (Å²) in [4.78, 5) is 0. The first kappa shape index (κ1) is 38.9. The Labute approximate surface area is 302 Å². The van der Waals surface area contributed by atoms with Crippen LogP contribution in [0.2, 0.25) is 18.1 Å². The van der Waals surface area contributed by atoms with Crippen LogP contribution in [0.3, 0.4) is 0 Å². The van der Waals surface area contributed by atoms with E-state index in [0.29, 0.717) is 0 Å². The van der Waals surface area contributed by atoms with Crippen LogP contribution in [0, 0.1) is 0 Å². The van der Waals surface area contributed by atoms with E-state index in [1.54, 1.807) is 13.8 Å². The van der Waals surface area contributed by atoms with Crippen LogP contribution in [-0.4, -0.2) is 105 Å². The summed E-state index contributed by atoms with van der Waals surface area (Å²) in [5.74, 6) is -1.92. The Hall–Kier alpha value is -1.82. The van der Waals surface area contributed by atoms with Gasteiger partial charge in [0.25, 0.3) is 0 Å². The smallest absolute Gasteiger partial charge is 0.192 e. The molecule has 0 aliphatic carbocycles. The summed E-state index contributed by atoms with van der Waals surface area (Å²) in [6.07, 6.45) is -10.2. The van der Waals surface area contributed by atoms with Crippen molar-refractivity contribution in [3.8, 4) is 0 Å². The molecule has 2 aromatic rings. The quantitative estimate of drug-likeness (QED) is 0.233. The molecule has 0 bridgehead atoms. The average molecular weight is 733 g/mol. The number of aliphatic hydroxyl groups excluding tert-OH is 2. The summed E-state index contributed by atoms with van der Waals surface area (Å²) in [6, 6.07) is 19.2. The van der Waals surface area contributed by atoms with Crippen LogP contribution < -0.4 is 0 Å². The lowest BCUT2D eigenvalue weighted by atomic mass is 9.97. The van der Waals surface area contributed by atoms with Crippen molar-refractivity contribution in [1.29, 1.82) is 0 Å². The minimum atomic E-state index is -2.41. The van der Waals surface area contributed by atoms with Crippen molar-refractivity contribution in [1.82, 2.24) is 0 Å². The van der Waals surface area contributed by atoms with Crippen LogP contribution in [0.5, 0.6) is 0 Å². The molecule has 4 saturated heterocycles. The monoisotopic (exact) mass is 732 g/mol. The Morgan fingerprint density at radius 3 is 2.14 bits per heavy atom. The number of rotatable bonds is 11. The van der Waals surface area contributed by atoms with Gasteiger partial charge in [0.1, 0.15) is 48.8 Å². The molecule has 4 aliphatic heterocycles. The number of hydrogen-bond donors (Lipinski definition) is 2. The minimum absolute atomic E-state index is 0.130. The third-order valence-electron chi connectivity index (χ3n) is 10.3. The number of aliphatic hydroxyl groups is 2. The molecule has 11 atom stereocenters. The maximum Gasteiger partial charge on any atom is 0.192 e. The van der Waals surface area contributed by atoms with E-state index in [4.69, 9.17) is 47.1 Å². The van der Waals surface area contributed by atoms with Crippen molar-refractivity contribution < 1.29 is 57.3 Å². The molecule has 0 aromatic heterocycles. The molecule has 4 heterocycles. The highest BCUT2D eigenvalue weighted by Crippen LogP contribution is 2.43. The van der Waals surface area contributed by atoms with E-state index in [9.17, 15) is 10.2 Å². The second-order valence-corrected chi connectivity index (χ2v) is 21.0. The fourth-order valence-electron chi connectivity index (χ4n) is 6.67. The predicted octanol–water partition coefficient (Wildman–Crippen LogP) is 5.17. The summed E-state index contributed by atoms with van der Waals surface area (Å²) in [7, 11) is -2.41. The predicted molar refractivity (Wildman–Crippen MR) is 188 cm³/mol. The lowest BCUT2D eigenvalue weighted by molar-refractivity contribution is -0.386. The molecule has 13 heteroatoms. The van der Waals surface area contributed by atoms with Gasteiger partial charge in [-0.2, -0.15) is 0 Å². The van der Waals surface area contributed by atoms with Gasteiger partial charge in [0.15, 0.2) is 38.8 Å². The Morgan fingerprint density at radius 2 is 1.51 bits per heavy atom. The Kier molecular flexibility index (Phi) is 11.5. The van der Waals surface area contributed by atoms with Crippen molar-refractivity contribution in [2.45, 2.75) is 152 Å². The van der Waals surface area contributed by atoms with Gasteiger partial charge in [-0.05, 0) is 51.4 Å². The Balaban J connectivity index is 1.23. The fourth-order valence-corrected chi connectivity index (χ4v) is 7.99. The molecule has 0 radical (unpaired) electrons. The average Bonchev–Trinajstić information content (AvgIpc) is 3.61. The highest BCUT2D eigenvalue weighted by molar-refractivity contribution is 6.74. The summed E-state index contributed by atoms with van der Waals surface area (Å²) in [5.41, 5.74) is 1.76. The number of ether oxygens (including phenoxy) is 9. The van der Waals surface area contributed by atoms with E-state index < -0.39 is 87.6 Å². The fraction of sp³-hybridized carbons (Fsp3) is 0.684. The first-order valence-corrected chi connectivity index (χ1v) is 20.8. The van der Waals surface area contributed by atoms with Crippen LogP contribution in [-0.2, 0) is 53.7 Å². The molecule has 0 spiro atoms. The summed E-state index contributed by atoms with van der Waals surface area (Å²) in [6.45, 7) is 18.7. The van der Waals surface area contributed by atoms with E-state index in [1.807, 2.05) is 74.5 Å². The lowest BCUT2D eigenvalue weighted by Crippen LogP contribution is -2.64. The molecule has 0 saturated carbocycles. The molecule has 4 aliphatic rings. The normalized spacial score (nSPS) is 34.9. The van der Waals surface area contributed by atoms with Gasteiger partial charge in [-0.1, -0.05) is 81.4 Å². The van der Waals surface area contributed by atoms with Crippen molar-refractivity contribution in [2.24, 2.45) is 0 Å². The maximum absolute atomic E-state index is 11.8. The minimum Gasteiger partial charge on any atom is -0.408 e. The van der Waals surface area contributed by atoms with Gasteiger partial charge in [0.2, 0.25) is 0 Å². The molecule has 2 N–H and O–H groups in total. The van der Waals surface area contributed by atoms with Crippen LogP contribution in [0.1, 0.15) is 65.9 Å². The second kappa shape index (κ2) is 15.1. The molecule has 51 heavy (non-hydrogen) atoms. The number of fused-ring (bicyclic) bond motifs is 1. The molecule has 2 aromatic carbocycles. The molecule has 0 amide bonds. The van der Waals surface area contributed by atoms with E-state index in [-0.39, 0.29) is 24.9 Å². The van der Waals surface area contributed by atoms with Gasteiger partial charge in [-0.3, -0.25) is 0 Å². The van der Waals surface area contributed by atoms with E-state index in [2.05, 4.69) is 33.9 Å². The van der Waals surface area contributed by atoms with Gasteiger partial charge in [0.05, 0.1) is 19.8 Å². The van der Waals surface area contributed by atoms with Gasteiger partial charge < -0.3 is 57.3 Å². The summed E-state index contributed by atoms with van der Waals surface area (Å²) >= 11 is 0. The number of benzene rings is 2. The van der Waals surface area contributed by atoms with Gasteiger partial charge in [0, 0.05) is 5.56 Å². The maximum atomic E-state index is 11.8. The Bertz CT molecular complexity index is 1420. The molecule has 4 fully saturated rings. The van der Waals surface area contributed by atoms with E-state index in [0.717, 1.165) is 11.1 Å². The number of hydrogen-bond acceptors (Lipinski definition) is 12. The molecule has 284 valence electrons. The van der Waals surface area contributed by atoms with E-state index >= 15 is 0 Å². The van der Waals surface area contributed by atoms with Crippen molar-refractivity contribution in [3.63, 3.8) is 0 Å². The first-order valence-electron chi connectivity index (χ1n) is 17.9. The zero-order chi connectivity index (χ0) is 36.8. The zero-order valence-corrected chi connectivity index (χ0v) is 32.2. The van der Waals surface area contributed by atoms with Crippen LogP contribution in [0.25, 0.3) is 0 Å². The first-order chi connectivity index (χ1) is 23.9. The summed E-state index contributed by atoms with van der Waals surface area (Å²) in [5, 5.41) is 23.5. The topological polar surface area (TPSA) is 133 Å². The van der Waals surface area contributed by atoms with Crippen LogP contribution in [0.15, 0.2) is 60.7 Å². The highest BCUT2D eigenvalue weighted by atomic mass is 28.4. The molecular weight excluding hydrogens is 676 g/mol. The summed E-state index contributed by atoms with van der Waals surface area (Å²) < 4.78 is 63.3. The lowest BCUT2D eigenvalue weighted by Gasteiger charge is -2.48. The van der Waals surface area contributed by atoms with Gasteiger partial charge >= 0.3 is 0 Å². The van der Waals surface area contributed by atoms with Gasteiger partial charge in [-0.25, -0.2) is 0 Å². The van der Waals surface area contributed by atoms with Crippen LogP contribution in [0.4, 0.5) is 0 Å². The zero-order valence-electron chi connectivity index (χ0n) is 31.2. The van der Waals surface area contributed by atoms with Crippen molar-refractivity contribution >= 4 is 8.32 Å².